The smallest absolute Gasteiger partial charge is 0.0662 e. The third-order valence-electron chi connectivity index (χ3n) is 1.73. The topological polar surface area (TPSA) is 26.0 Å². The second kappa shape index (κ2) is 4.97. The van der Waals surface area contributed by atoms with Crippen molar-refractivity contribution in [2.45, 2.75) is 25.3 Å². The van der Waals surface area contributed by atoms with Gasteiger partial charge in [-0.05, 0) is 30.7 Å². The highest BCUT2D eigenvalue weighted by molar-refractivity contribution is 7.09. The molecule has 12 heavy (non-hydrogen) atoms. The third-order valence-corrected chi connectivity index (χ3v) is 2.67. The van der Waals surface area contributed by atoms with Crippen LogP contribution in [0.3, 0.4) is 0 Å². The molecular formula is C10H13NS. The zero-order valence-corrected chi connectivity index (χ0v) is 7.81. The van der Waals surface area contributed by atoms with Gasteiger partial charge in [-0.1, -0.05) is 12.0 Å². The van der Waals surface area contributed by atoms with E-state index in [-0.39, 0.29) is 6.04 Å². The molecular weight excluding hydrogens is 166 g/mol. The van der Waals surface area contributed by atoms with Gasteiger partial charge in [-0.25, -0.2) is 0 Å². The number of aryl methyl sites for hydroxylation is 1. The van der Waals surface area contributed by atoms with Crippen LogP contribution in [0.15, 0.2) is 17.5 Å². The Morgan fingerprint density at radius 2 is 2.50 bits per heavy atom. The van der Waals surface area contributed by atoms with Gasteiger partial charge in [0.2, 0.25) is 0 Å². The fraction of sp³-hybridized carbons (Fsp3) is 0.400. The fourth-order valence-corrected chi connectivity index (χ4v) is 1.79. The molecule has 0 amide bonds. The summed E-state index contributed by atoms with van der Waals surface area (Å²) in [6, 6.07) is 4.15. The van der Waals surface area contributed by atoms with Crippen LogP contribution in [0.25, 0.3) is 0 Å². The Hall–Kier alpha value is -0.780. The number of hydrogen-bond donors (Lipinski definition) is 1. The summed E-state index contributed by atoms with van der Waals surface area (Å²) in [6.45, 7) is 0. The molecule has 0 aliphatic rings. The van der Waals surface area contributed by atoms with Gasteiger partial charge in [-0.15, -0.1) is 17.8 Å². The summed E-state index contributed by atoms with van der Waals surface area (Å²) in [5.74, 6) is 2.53. The van der Waals surface area contributed by atoms with Gasteiger partial charge in [0, 0.05) is 4.88 Å². The molecule has 1 unspecified atom stereocenters. The first-order valence-electron chi connectivity index (χ1n) is 4.07. The van der Waals surface area contributed by atoms with Crippen LogP contribution < -0.4 is 5.73 Å². The Morgan fingerprint density at radius 1 is 1.67 bits per heavy atom. The number of thiophene rings is 1. The number of nitrogens with two attached hydrogens (primary N) is 1. The van der Waals surface area contributed by atoms with Gasteiger partial charge in [-0.2, -0.15) is 0 Å². The largest absolute Gasteiger partial charge is 0.318 e. The van der Waals surface area contributed by atoms with Gasteiger partial charge < -0.3 is 5.73 Å². The van der Waals surface area contributed by atoms with Gasteiger partial charge in [0.15, 0.2) is 0 Å². The molecule has 1 atom stereocenters. The average Bonchev–Trinajstić information content (AvgIpc) is 2.57. The van der Waals surface area contributed by atoms with Crippen molar-refractivity contribution in [2.24, 2.45) is 5.73 Å². The maximum atomic E-state index is 5.58. The Bertz CT molecular complexity index is 245. The van der Waals surface area contributed by atoms with Crippen LogP contribution in [-0.4, -0.2) is 6.04 Å². The molecule has 0 saturated carbocycles. The molecule has 1 aromatic heterocycles. The zero-order chi connectivity index (χ0) is 8.81. The van der Waals surface area contributed by atoms with E-state index in [1.807, 2.05) is 0 Å². The van der Waals surface area contributed by atoms with E-state index in [0.29, 0.717) is 0 Å². The average molecular weight is 179 g/mol. The molecule has 0 saturated heterocycles. The highest BCUT2D eigenvalue weighted by Crippen LogP contribution is 2.12. The molecule has 2 heteroatoms. The van der Waals surface area contributed by atoms with Crippen molar-refractivity contribution in [1.82, 2.24) is 0 Å². The summed E-state index contributed by atoms with van der Waals surface area (Å²) in [7, 11) is 0. The van der Waals surface area contributed by atoms with Crippen LogP contribution in [0.5, 0.6) is 0 Å². The Balaban J connectivity index is 2.16. The van der Waals surface area contributed by atoms with E-state index in [0.717, 1.165) is 19.3 Å². The van der Waals surface area contributed by atoms with Crippen molar-refractivity contribution >= 4 is 11.3 Å². The van der Waals surface area contributed by atoms with Crippen molar-refractivity contribution < 1.29 is 0 Å². The lowest BCUT2D eigenvalue weighted by Crippen LogP contribution is -2.16. The van der Waals surface area contributed by atoms with Crippen LogP contribution in [-0.2, 0) is 6.42 Å². The van der Waals surface area contributed by atoms with Gasteiger partial charge >= 0.3 is 0 Å². The highest BCUT2D eigenvalue weighted by atomic mass is 32.1. The molecule has 0 bridgehead atoms. The molecule has 1 rings (SSSR count). The number of hydrogen-bond acceptors (Lipinski definition) is 2. The minimum atomic E-state index is -0.0648. The van der Waals surface area contributed by atoms with Crippen molar-refractivity contribution in [2.75, 3.05) is 0 Å². The minimum absolute atomic E-state index is 0.0648. The molecule has 0 fully saturated rings. The van der Waals surface area contributed by atoms with Crippen LogP contribution in [0.2, 0.25) is 0 Å². The lowest BCUT2D eigenvalue weighted by molar-refractivity contribution is 0.683. The van der Waals surface area contributed by atoms with Crippen molar-refractivity contribution in [3.8, 4) is 12.3 Å². The Morgan fingerprint density at radius 3 is 3.08 bits per heavy atom. The van der Waals surface area contributed by atoms with Crippen LogP contribution in [0.4, 0.5) is 0 Å². The first-order chi connectivity index (χ1) is 5.83. The first kappa shape index (κ1) is 9.31. The Labute approximate surface area is 77.6 Å². The lowest BCUT2D eigenvalue weighted by atomic mass is 10.1. The van der Waals surface area contributed by atoms with Crippen LogP contribution in [0.1, 0.15) is 17.7 Å². The molecule has 0 radical (unpaired) electrons. The summed E-state index contributed by atoms with van der Waals surface area (Å²) in [5, 5.41) is 2.09. The monoisotopic (exact) mass is 179 g/mol. The second-order valence-electron chi connectivity index (χ2n) is 2.74. The van der Waals surface area contributed by atoms with E-state index in [1.54, 1.807) is 11.3 Å². The minimum Gasteiger partial charge on any atom is -0.318 e. The van der Waals surface area contributed by atoms with E-state index in [2.05, 4.69) is 23.4 Å². The predicted molar refractivity (Wildman–Crippen MR) is 54.1 cm³/mol. The molecule has 0 aliphatic carbocycles. The van der Waals surface area contributed by atoms with E-state index in [4.69, 9.17) is 12.2 Å². The van der Waals surface area contributed by atoms with Gasteiger partial charge in [0.25, 0.3) is 0 Å². The summed E-state index contributed by atoms with van der Waals surface area (Å²) in [4.78, 5) is 1.42. The Kier molecular flexibility index (Phi) is 3.86. The normalized spacial score (nSPS) is 12.3. The lowest BCUT2D eigenvalue weighted by Gasteiger charge is -2.01. The zero-order valence-electron chi connectivity index (χ0n) is 6.99. The van der Waals surface area contributed by atoms with E-state index in [9.17, 15) is 0 Å². The molecule has 0 spiro atoms. The summed E-state index contributed by atoms with van der Waals surface area (Å²) < 4.78 is 0. The predicted octanol–water partition coefficient (Wildman–Crippen LogP) is 2.03. The molecule has 0 aromatic carbocycles. The number of terminal acetylenes is 1. The van der Waals surface area contributed by atoms with Crippen molar-refractivity contribution in [3.05, 3.63) is 22.4 Å². The summed E-state index contributed by atoms with van der Waals surface area (Å²) in [5.41, 5.74) is 5.58. The van der Waals surface area contributed by atoms with Crippen LogP contribution >= 0.6 is 11.3 Å². The fourth-order valence-electron chi connectivity index (χ4n) is 1.03. The van der Waals surface area contributed by atoms with Gasteiger partial charge in [0.05, 0.1) is 6.04 Å². The molecule has 2 N–H and O–H groups in total. The molecule has 0 aliphatic heterocycles. The summed E-state index contributed by atoms with van der Waals surface area (Å²) >= 11 is 1.79. The van der Waals surface area contributed by atoms with Crippen molar-refractivity contribution in [3.63, 3.8) is 0 Å². The molecule has 64 valence electrons. The molecule has 1 aromatic rings. The van der Waals surface area contributed by atoms with E-state index in [1.165, 1.54) is 4.88 Å². The van der Waals surface area contributed by atoms with Crippen LogP contribution in [0, 0.1) is 12.3 Å². The van der Waals surface area contributed by atoms with Gasteiger partial charge in [-0.3, -0.25) is 0 Å². The second-order valence-corrected chi connectivity index (χ2v) is 3.78. The number of rotatable bonds is 4. The van der Waals surface area contributed by atoms with Crippen molar-refractivity contribution in [1.29, 1.82) is 0 Å². The van der Waals surface area contributed by atoms with E-state index >= 15 is 0 Å². The third kappa shape index (κ3) is 3.08. The SMILES string of the molecule is C#CC(N)CCCc1cccs1. The quantitative estimate of drug-likeness (QED) is 0.703. The first-order valence-corrected chi connectivity index (χ1v) is 4.95. The summed E-state index contributed by atoms with van der Waals surface area (Å²) in [6.07, 6.45) is 8.28. The van der Waals surface area contributed by atoms with E-state index < -0.39 is 0 Å². The highest BCUT2D eigenvalue weighted by Gasteiger charge is 1.98. The maximum Gasteiger partial charge on any atom is 0.0662 e. The van der Waals surface area contributed by atoms with Gasteiger partial charge in [0.1, 0.15) is 0 Å². The molecule has 1 heterocycles. The maximum absolute atomic E-state index is 5.58. The molecule has 1 nitrogen and oxygen atoms in total. The standard InChI is InChI=1S/C10H13NS/c1-2-9(11)5-3-6-10-7-4-8-12-10/h1,4,7-9H,3,5-6,11H2.